The summed E-state index contributed by atoms with van der Waals surface area (Å²) in [5.74, 6) is 0.267. The zero-order chi connectivity index (χ0) is 17.8. The fourth-order valence-corrected chi connectivity index (χ4v) is 2.83. The molecule has 0 spiro atoms. The second-order valence-electron chi connectivity index (χ2n) is 6.19. The van der Waals surface area contributed by atoms with E-state index >= 15 is 0 Å². The Bertz CT molecular complexity index is 665. The van der Waals surface area contributed by atoms with E-state index in [0.717, 1.165) is 17.0 Å². The minimum atomic E-state index is -0.280. The van der Waals surface area contributed by atoms with Crippen LogP contribution in [-0.2, 0) is 25.7 Å². The molecule has 0 saturated carbocycles. The van der Waals surface area contributed by atoms with Crippen molar-refractivity contribution in [3.05, 3.63) is 17.0 Å². The van der Waals surface area contributed by atoms with E-state index in [1.165, 1.54) is 0 Å². The van der Waals surface area contributed by atoms with Crippen LogP contribution in [-0.4, -0.2) is 48.0 Å². The first-order chi connectivity index (χ1) is 12.0. The topological polar surface area (TPSA) is 115 Å². The number of nitrogens with zero attached hydrogens (tertiary/aromatic N) is 2. The normalized spacial score (nSPS) is 23.8. The lowest BCUT2D eigenvalue weighted by molar-refractivity contribution is -0.122. The minimum Gasteiger partial charge on any atom is -0.379 e. The van der Waals surface area contributed by atoms with E-state index in [1.54, 1.807) is 0 Å². The van der Waals surface area contributed by atoms with Crippen LogP contribution in [0.25, 0.3) is 0 Å². The second kappa shape index (κ2) is 7.75. The van der Waals surface area contributed by atoms with Gasteiger partial charge in [-0.2, -0.15) is 5.10 Å². The summed E-state index contributed by atoms with van der Waals surface area (Å²) in [4.78, 5) is 23.5. The lowest BCUT2D eigenvalue weighted by Crippen LogP contribution is -2.52. The van der Waals surface area contributed by atoms with Crippen molar-refractivity contribution >= 4 is 17.5 Å². The molecule has 2 aliphatic heterocycles. The van der Waals surface area contributed by atoms with E-state index in [-0.39, 0.29) is 30.4 Å². The fourth-order valence-electron chi connectivity index (χ4n) is 2.83. The highest BCUT2D eigenvalue weighted by atomic mass is 16.5. The molecule has 3 heterocycles. The predicted molar refractivity (Wildman–Crippen MR) is 86.7 cm³/mol. The largest absolute Gasteiger partial charge is 0.379 e. The minimum absolute atomic E-state index is 0.178. The molecule has 3 rings (SSSR count). The van der Waals surface area contributed by atoms with Crippen molar-refractivity contribution in [2.45, 2.75) is 51.9 Å². The maximum Gasteiger partial charge on any atom is 0.267 e. The van der Waals surface area contributed by atoms with Crippen LogP contribution >= 0.6 is 0 Å². The van der Waals surface area contributed by atoms with Crippen LogP contribution in [0.3, 0.4) is 0 Å². The number of carbonyl (C=O) groups is 2. The van der Waals surface area contributed by atoms with Crippen LogP contribution in [0, 0.1) is 13.8 Å². The number of amides is 2. The first kappa shape index (κ1) is 17.6. The van der Waals surface area contributed by atoms with Crippen LogP contribution < -0.4 is 10.7 Å². The van der Waals surface area contributed by atoms with E-state index in [2.05, 4.69) is 21.0 Å². The average Bonchev–Trinajstić information content (AvgIpc) is 2.93. The summed E-state index contributed by atoms with van der Waals surface area (Å²) in [6.45, 7) is 5.00. The van der Waals surface area contributed by atoms with Gasteiger partial charge in [0.25, 0.3) is 5.91 Å². The van der Waals surface area contributed by atoms with Crippen molar-refractivity contribution in [3.63, 3.8) is 0 Å². The van der Waals surface area contributed by atoms with E-state index in [9.17, 15) is 9.59 Å². The molecule has 1 fully saturated rings. The van der Waals surface area contributed by atoms with Gasteiger partial charge in [-0.25, -0.2) is 5.43 Å². The number of nitrogens with one attached hydrogen (secondary N) is 2. The Labute approximate surface area is 145 Å². The Kier molecular flexibility index (Phi) is 5.44. The Morgan fingerprint density at radius 2 is 2.24 bits per heavy atom. The van der Waals surface area contributed by atoms with Crippen LogP contribution in [0.2, 0.25) is 0 Å². The van der Waals surface area contributed by atoms with Gasteiger partial charge in [-0.15, -0.1) is 0 Å². The molecule has 2 aliphatic rings. The van der Waals surface area contributed by atoms with Gasteiger partial charge < -0.3 is 19.3 Å². The quantitative estimate of drug-likeness (QED) is 0.792. The SMILES string of the molecule is Cc1noc(C)c1CO[C@@H]1COCC[C@H]1NC(=O)C1=NNC(=O)CC1. The smallest absolute Gasteiger partial charge is 0.267 e. The fraction of sp³-hybridized carbons (Fsp3) is 0.625. The van der Waals surface area contributed by atoms with Gasteiger partial charge >= 0.3 is 0 Å². The van der Waals surface area contributed by atoms with E-state index < -0.39 is 0 Å². The molecule has 1 aromatic rings. The lowest BCUT2D eigenvalue weighted by atomic mass is 10.0. The standard InChI is InChI=1S/C16H22N4O5/c1-9-11(10(2)25-20-9)7-24-14-8-23-6-5-12(14)17-16(22)13-3-4-15(21)19-18-13/h12,14H,3-8H2,1-2H3,(H,17,22)(H,19,21)/t12-,14-/m1/s1. The summed E-state index contributed by atoms with van der Waals surface area (Å²) in [7, 11) is 0. The van der Waals surface area contributed by atoms with E-state index in [0.29, 0.717) is 38.4 Å². The number of hydrogen-bond acceptors (Lipinski definition) is 7. The van der Waals surface area contributed by atoms with Crippen molar-refractivity contribution in [3.8, 4) is 0 Å². The van der Waals surface area contributed by atoms with Gasteiger partial charge in [0.1, 0.15) is 17.6 Å². The molecule has 9 nitrogen and oxygen atoms in total. The van der Waals surface area contributed by atoms with Gasteiger partial charge in [-0.1, -0.05) is 5.16 Å². The summed E-state index contributed by atoms with van der Waals surface area (Å²) in [6.07, 6.45) is 0.986. The van der Waals surface area contributed by atoms with Crippen molar-refractivity contribution in [1.82, 2.24) is 15.9 Å². The van der Waals surface area contributed by atoms with Crippen molar-refractivity contribution in [1.29, 1.82) is 0 Å². The maximum absolute atomic E-state index is 12.3. The lowest BCUT2D eigenvalue weighted by Gasteiger charge is -2.32. The van der Waals surface area contributed by atoms with Gasteiger partial charge in [0, 0.05) is 25.0 Å². The van der Waals surface area contributed by atoms with Gasteiger partial charge in [0.2, 0.25) is 5.91 Å². The summed E-state index contributed by atoms with van der Waals surface area (Å²) in [5, 5.41) is 10.7. The Balaban J connectivity index is 1.59. The number of aryl methyl sites for hydroxylation is 2. The van der Waals surface area contributed by atoms with Crippen LogP contribution in [0.5, 0.6) is 0 Å². The summed E-state index contributed by atoms with van der Waals surface area (Å²) < 4.78 is 16.6. The molecule has 0 aromatic carbocycles. The molecule has 2 N–H and O–H groups in total. The molecule has 0 unspecified atom stereocenters. The zero-order valence-corrected chi connectivity index (χ0v) is 14.3. The molecule has 0 radical (unpaired) electrons. The van der Waals surface area contributed by atoms with Gasteiger partial charge in [0.05, 0.1) is 24.9 Å². The van der Waals surface area contributed by atoms with Crippen LogP contribution in [0.4, 0.5) is 0 Å². The van der Waals surface area contributed by atoms with Crippen LogP contribution in [0.15, 0.2) is 9.62 Å². The molecule has 1 saturated heterocycles. The van der Waals surface area contributed by atoms with Gasteiger partial charge in [-0.3, -0.25) is 9.59 Å². The molecule has 1 aromatic heterocycles. The summed E-state index contributed by atoms with van der Waals surface area (Å²) >= 11 is 0. The van der Waals surface area contributed by atoms with E-state index in [1.807, 2.05) is 13.8 Å². The van der Waals surface area contributed by atoms with Crippen molar-refractivity contribution in [2.75, 3.05) is 13.2 Å². The average molecular weight is 350 g/mol. The zero-order valence-electron chi connectivity index (χ0n) is 14.3. The van der Waals surface area contributed by atoms with Crippen LogP contribution in [0.1, 0.15) is 36.3 Å². The highest BCUT2D eigenvalue weighted by Gasteiger charge is 2.30. The monoisotopic (exact) mass is 350 g/mol. The van der Waals surface area contributed by atoms with E-state index in [4.69, 9.17) is 14.0 Å². The van der Waals surface area contributed by atoms with Gasteiger partial charge in [-0.05, 0) is 20.3 Å². The highest BCUT2D eigenvalue weighted by Crippen LogP contribution is 2.18. The first-order valence-electron chi connectivity index (χ1n) is 8.32. The number of carbonyl (C=O) groups excluding carboxylic acids is 2. The molecular formula is C16H22N4O5. The molecule has 25 heavy (non-hydrogen) atoms. The van der Waals surface area contributed by atoms with Gasteiger partial charge in [0.15, 0.2) is 0 Å². The molecule has 9 heteroatoms. The molecular weight excluding hydrogens is 328 g/mol. The molecule has 136 valence electrons. The Hall–Kier alpha value is -2.26. The summed E-state index contributed by atoms with van der Waals surface area (Å²) in [5.41, 5.74) is 4.37. The third kappa shape index (κ3) is 4.23. The molecule has 2 atom stereocenters. The number of hydrazone groups is 1. The third-order valence-electron chi connectivity index (χ3n) is 4.41. The second-order valence-corrected chi connectivity index (χ2v) is 6.19. The third-order valence-corrected chi connectivity index (χ3v) is 4.41. The highest BCUT2D eigenvalue weighted by molar-refractivity contribution is 6.39. The molecule has 0 bridgehead atoms. The number of rotatable bonds is 5. The van der Waals surface area contributed by atoms with Crippen molar-refractivity contribution < 1.29 is 23.6 Å². The molecule has 2 amide bonds. The van der Waals surface area contributed by atoms with Crippen molar-refractivity contribution in [2.24, 2.45) is 5.10 Å². The predicted octanol–water partition coefficient (Wildman–Crippen LogP) is 0.348. The Morgan fingerprint density at radius 1 is 1.40 bits per heavy atom. The number of ether oxygens (including phenoxy) is 2. The molecule has 0 aliphatic carbocycles. The first-order valence-corrected chi connectivity index (χ1v) is 8.32. The Morgan fingerprint density at radius 3 is 2.92 bits per heavy atom. The number of aromatic nitrogens is 1. The number of hydrogen-bond donors (Lipinski definition) is 2. The summed E-state index contributed by atoms with van der Waals surface area (Å²) in [6, 6.07) is -0.179. The maximum atomic E-state index is 12.3.